The largest absolute Gasteiger partial charge is 0.505 e. The number of hydrogen-bond donors (Lipinski definition) is 2. The van der Waals surface area contributed by atoms with Gasteiger partial charge in [0.1, 0.15) is 5.82 Å². The summed E-state index contributed by atoms with van der Waals surface area (Å²) in [5, 5.41) is 20.1. The van der Waals surface area contributed by atoms with Gasteiger partial charge in [0.25, 0.3) is 5.91 Å². The number of hydrogen-bond acceptors (Lipinski definition) is 3. The lowest BCUT2D eigenvalue weighted by atomic mass is 9.87. The van der Waals surface area contributed by atoms with Gasteiger partial charge in [0.15, 0.2) is 11.6 Å². The second kappa shape index (κ2) is 8.26. The normalized spacial score (nSPS) is 13.4. The highest BCUT2D eigenvalue weighted by atomic mass is 19.1. The van der Waals surface area contributed by atoms with Gasteiger partial charge < -0.3 is 10.2 Å². The molecule has 0 saturated heterocycles. The molecule has 5 nitrogen and oxygen atoms in total. The maximum Gasteiger partial charge on any atom is 0.311 e. The topological polar surface area (TPSA) is 79.5 Å². The average Bonchev–Trinajstić information content (AvgIpc) is 2.96. The first kappa shape index (κ1) is 21.5. The zero-order chi connectivity index (χ0) is 22.2. The lowest BCUT2D eigenvalue weighted by Crippen LogP contribution is -2.18. The number of aliphatic carboxylic acids is 1. The molecule has 0 radical (unpaired) electrons. The van der Waals surface area contributed by atoms with Crippen molar-refractivity contribution >= 4 is 22.8 Å². The van der Waals surface area contributed by atoms with Crippen LogP contribution < -0.4 is 0 Å². The van der Waals surface area contributed by atoms with Crippen LogP contribution in [0.25, 0.3) is 10.9 Å². The van der Waals surface area contributed by atoms with Crippen molar-refractivity contribution in [3.63, 3.8) is 0 Å². The summed E-state index contributed by atoms with van der Waals surface area (Å²) in [7, 11) is 0. The van der Waals surface area contributed by atoms with E-state index in [9.17, 15) is 28.6 Å². The van der Waals surface area contributed by atoms with Crippen molar-refractivity contribution in [3.8, 4) is 5.75 Å². The van der Waals surface area contributed by atoms with Gasteiger partial charge in [-0.2, -0.15) is 0 Å². The SMILES string of the molecule is CCC(C)C[C@@H](C(=O)O)c1c(C)n(C(=O)c2cccc(F)c2)c2cc(F)c(O)cc12. The van der Waals surface area contributed by atoms with Crippen LogP contribution in [-0.4, -0.2) is 26.7 Å². The molecule has 0 aliphatic carbocycles. The number of carbonyl (C=O) groups excluding carboxylic acids is 1. The van der Waals surface area contributed by atoms with Crippen molar-refractivity contribution in [1.29, 1.82) is 0 Å². The Morgan fingerprint density at radius 3 is 2.47 bits per heavy atom. The molecule has 0 aliphatic heterocycles. The number of phenols is 1. The van der Waals surface area contributed by atoms with Crippen LogP contribution >= 0.6 is 0 Å². The Morgan fingerprint density at radius 1 is 1.17 bits per heavy atom. The fraction of sp³-hybridized carbons (Fsp3) is 0.304. The van der Waals surface area contributed by atoms with E-state index in [1.165, 1.54) is 22.8 Å². The molecular weight excluding hydrogens is 392 g/mol. The van der Waals surface area contributed by atoms with E-state index in [1.54, 1.807) is 6.92 Å². The summed E-state index contributed by atoms with van der Waals surface area (Å²) in [6.07, 6.45) is 1.08. The fourth-order valence-corrected chi connectivity index (χ4v) is 3.81. The predicted molar refractivity (Wildman–Crippen MR) is 109 cm³/mol. The van der Waals surface area contributed by atoms with E-state index in [1.807, 2.05) is 13.8 Å². The minimum atomic E-state index is -1.07. The zero-order valence-electron chi connectivity index (χ0n) is 16.9. The van der Waals surface area contributed by atoms with Gasteiger partial charge in [-0.3, -0.25) is 14.2 Å². The molecule has 1 unspecified atom stereocenters. The van der Waals surface area contributed by atoms with Crippen molar-refractivity contribution in [2.24, 2.45) is 5.92 Å². The molecule has 0 amide bonds. The lowest BCUT2D eigenvalue weighted by molar-refractivity contribution is -0.139. The van der Waals surface area contributed by atoms with Gasteiger partial charge in [-0.05, 0) is 49.1 Å². The number of fused-ring (bicyclic) bond motifs is 1. The van der Waals surface area contributed by atoms with E-state index in [4.69, 9.17) is 0 Å². The number of nitrogens with zero attached hydrogens (tertiary/aromatic N) is 1. The van der Waals surface area contributed by atoms with E-state index in [-0.39, 0.29) is 22.4 Å². The number of carboxylic acid groups (broad SMARTS) is 1. The van der Waals surface area contributed by atoms with Crippen molar-refractivity contribution in [2.75, 3.05) is 0 Å². The predicted octanol–water partition coefficient (Wildman–Crippen LogP) is 5.23. The van der Waals surface area contributed by atoms with Crippen LogP contribution in [0.1, 0.15) is 54.2 Å². The third kappa shape index (κ3) is 3.79. The molecule has 2 atom stereocenters. The Hall–Kier alpha value is -3.22. The summed E-state index contributed by atoms with van der Waals surface area (Å²) in [5.74, 6) is -4.70. The summed E-state index contributed by atoms with van der Waals surface area (Å²) in [5.41, 5.74) is 0.837. The Labute approximate surface area is 172 Å². The molecule has 0 aliphatic rings. The van der Waals surface area contributed by atoms with Gasteiger partial charge in [-0.25, -0.2) is 8.78 Å². The monoisotopic (exact) mass is 415 g/mol. The van der Waals surface area contributed by atoms with Crippen LogP contribution in [0.4, 0.5) is 8.78 Å². The van der Waals surface area contributed by atoms with Gasteiger partial charge in [0.2, 0.25) is 0 Å². The second-order valence-corrected chi connectivity index (χ2v) is 7.61. The van der Waals surface area contributed by atoms with Crippen LogP contribution in [0.15, 0.2) is 36.4 Å². The van der Waals surface area contributed by atoms with Crippen LogP contribution in [0.2, 0.25) is 0 Å². The summed E-state index contributed by atoms with van der Waals surface area (Å²) in [6, 6.07) is 7.24. The van der Waals surface area contributed by atoms with Gasteiger partial charge in [0, 0.05) is 22.7 Å². The molecule has 1 heterocycles. The molecule has 0 bridgehead atoms. The Morgan fingerprint density at radius 2 is 1.87 bits per heavy atom. The molecule has 30 heavy (non-hydrogen) atoms. The first-order valence-corrected chi connectivity index (χ1v) is 9.72. The molecule has 7 heteroatoms. The number of halogens is 2. The van der Waals surface area contributed by atoms with E-state index in [2.05, 4.69) is 0 Å². The molecule has 2 aromatic carbocycles. The molecule has 3 rings (SSSR count). The van der Waals surface area contributed by atoms with Crippen molar-refractivity contribution < 1.29 is 28.6 Å². The van der Waals surface area contributed by atoms with E-state index >= 15 is 0 Å². The standard InChI is InChI=1S/C23H23F2NO4/c1-4-12(2)8-17(23(29)30)21-13(3)26(19-11-18(25)20(27)10-16(19)21)22(28)14-6-5-7-15(24)9-14/h5-7,9-12,17,27H,4,8H2,1-3H3,(H,29,30)/t12?,17-/m1/s1. The number of benzene rings is 2. The van der Waals surface area contributed by atoms with Gasteiger partial charge in [-0.1, -0.05) is 26.3 Å². The van der Waals surface area contributed by atoms with Crippen LogP contribution in [-0.2, 0) is 4.79 Å². The second-order valence-electron chi connectivity index (χ2n) is 7.61. The molecule has 0 saturated carbocycles. The number of aromatic hydroxyl groups is 1. The highest BCUT2D eigenvalue weighted by Crippen LogP contribution is 2.38. The third-order valence-corrected chi connectivity index (χ3v) is 5.58. The molecule has 0 fully saturated rings. The van der Waals surface area contributed by atoms with Crippen molar-refractivity contribution in [3.05, 3.63) is 64.9 Å². The highest BCUT2D eigenvalue weighted by Gasteiger charge is 2.31. The highest BCUT2D eigenvalue weighted by molar-refractivity contribution is 6.05. The van der Waals surface area contributed by atoms with E-state index in [0.717, 1.165) is 24.6 Å². The number of aromatic nitrogens is 1. The third-order valence-electron chi connectivity index (χ3n) is 5.58. The zero-order valence-corrected chi connectivity index (χ0v) is 16.9. The molecule has 0 spiro atoms. The molecule has 158 valence electrons. The van der Waals surface area contributed by atoms with Gasteiger partial charge >= 0.3 is 5.97 Å². The minimum Gasteiger partial charge on any atom is -0.505 e. The first-order chi connectivity index (χ1) is 14.1. The molecule has 2 N–H and O–H groups in total. The quantitative estimate of drug-likeness (QED) is 0.578. The van der Waals surface area contributed by atoms with Crippen molar-refractivity contribution in [2.45, 2.75) is 39.5 Å². The number of phenolic OH excluding ortho intramolecular Hbond substituents is 1. The van der Waals surface area contributed by atoms with Gasteiger partial charge in [0.05, 0.1) is 11.4 Å². The number of rotatable bonds is 6. The molecule has 1 aromatic heterocycles. The first-order valence-electron chi connectivity index (χ1n) is 9.72. The van der Waals surface area contributed by atoms with Crippen molar-refractivity contribution in [1.82, 2.24) is 4.57 Å². The summed E-state index contributed by atoms with van der Waals surface area (Å²) in [4.78, 5) is 25.3. The Bertz CT molecular complexity index is 1140. The number of carbonyl (C=O) groups is 2. The average molecular weight is 415 g/mol. The van der Waals surface area contributed by atoms with Crippen LogP contribution in [0.5, 0.6) is 5.75 Å². The Balaban J connectivity index is 2.31. The van der Waals surface area contributed by atoms with E-state index in [0.29, 0.717) is 17.7 Å². The fourth-order valence-electron chi connectivity index (χ4n) is 3.81. The number of carboxylic acids is 1. The Kier molecular flexibility index (Phi) is 5.92. The van der Waals surface area contributed by atoms with E-state index < -0.39 is 35.2 Å². The maximum atomic E-state index is 14.2. The van der Waals surface area contributed by atoms with Crippen LogP contribution in [0, 0.1) is 24.5 Å². The molecule has 3 aromatic rings. The summed E-state index contributed by atoms with van der Waals surface area (Å²) in [6.45, 7) is 5.46. The van der Waals surface area contributed by atoms with Gasteiger partial charge in [-0.15, -0.1) is 0 Å². The minimum absolute atomic E-state index is 0.0452. The molecular formula is C23H23F2NO4. The lowest BCUT2D eigenvalue weighted by Gasteiger charge is -2.17. The summed E-state index contributed by atoms with van der Waals surface area (Å²) >= 11 is 0. The maximum absolute atomic E-state index is 14.2. The summed E-state index contributed by atoms with van der Waals surface area (Å²) < 4.78 is 29.0. The van der Waals surface area contributed by atoms with Crippen LogP contribution in [0.3, 0.4) is 0 Å². The smallest absolute Gasteiger partial charge is 0.311 e.